The highest BCUT2D eigenvalue weighted by Crippen LogP contribution is 2.34. The van der Waals surface area contributed by atoms with Crippen molar-refractivity contribution in [2.75, 3.05) is 22.9 Å². The molecule has 8 heteroatoms. The summed E-state index contributed by atoms with van der Waals surface area (Å²) in [5.74, 6) is 0.0607. The Balaban J connectivity index is 1.64. The number of benzene rings is 1. The van der Waals surface area contributed by atoms with E-state index in [0.717, 1.165) is 11.3 Å². The summed E-state index contributed by atoms with van der Waals surface area (Å²) in [5, 5.41) is 2.62. The highest BCUT2D eigenvalue weighted by atomic mass is 16.6. The van der Waals surface area contributed by atoms with Gasteiger partial charge in [0.1, 0.15) is 11.7 Å². The second-order valence-corrected chi connectivity index (χ2v) is 8.35. The van der Waals surface area contributed by atoms with E-state index >= 15 is 0 Å². The molecule has 2 heterocycles. The number of hydrogen-bond donors (Lipinski definition) is 1. The molecule has 1 aromatic carbocycles. The summed E-state index contributed by atoms with van der Waals surface area (Å²) < 4.78 is 10.5. The van der Waals surface area contributed by atoms with Crippen LogP contribution in [0.5, 0.6) is 0 Å². The zero-order valence-corrected chi connectivity index (χ0v) is 16.9. The summed E-state index contributed by atoms with van der Waals surface area (Å²) >= 11 is 0. The Morgan fingerprint density at radius 3 is 2.68 bits per heavy atom. The maximum atomic E-state index is 12.3. The minimum Gasteiger partial charge on any atom is -0.444 e. The minimum atomic E-state index is -0.589. The monoisotopic (exact) mass is 389 g/mol. The van der Waals surface area contributed by atoms with Crippen LogP contribution in [0.1, 0.15) is 40.2 Å². The van der Waals surface area contributed by atoms with Gasteiger partial charge in [0.05, 0.1) is 19.5 Å². The van der Waals surface area contributed by atoms with Crippen LogP contribution < -0.4 is 15.1 Å². The fourth-order valence-electron chi connectivity index (χ4n) is 3.42. The lowest BCUT2D eigenvalue weighted by Gasteiger charge is -2.22. The van der Waals surface area contributed by atoms with Gasteiger partial charge in [-0.1, -0.05) is 0 Å². The van der Waals surface area contributed by atoms with Gasteiger partial charge in [0.15, 0.2) is 0 Å². The topological polar surface area (TPSA) is 88.2 Å². The molecule has 1 saturated heterocycles. The number of carbonyl (C=O) groups excluding carboxylic acids is 3. The number of rotatable bonds is 4. The molecule has 152 valence electrons. The summed E-state index contributed by atoms with van der Waals surface area (Å²) in [5.41, 5.74) is 1.88. The molecule has 2 aliphatic heterocycles. The molecule has 1 atom stereocenters. The van der Waals surface area contributed by atoms with E-state index in [4.69, 9.17) is 9.47 Å². The van der Waals surface area contributed by atoms with E-state index in [1.54, 1.807) is 25.7 Å². The Morgan fingerprint density at radius 2 is 2.04 bits per heavy atom. The Kier molecular flexibility index (Phi) is 5.23. The first-order valence-corrected chi connectivity index (χ1v) is 9.45. The van der Waals surface area contributed by atoms with Gasteiger partial charge in [-0.15, -0.1) is 0 Å². The number of carbonyl (C=O) groups is 3. The Labute approximate surface area is 164 Å². The maximum absolute atomic E-state index is 12.3. The number of anilines is 2. The third-order valence-corrected chi connectivity index (χ3v) is 4.51. The van der Waals surface area contributed by atoms with Crippen molar-refractivity contribution in [3.63, 3.8) is 0 Å². The molecule has 0 bridgehead atoms. The third-order valence-electron chi connectivity index (χ3n) is 4.51. The van der Waals surface area contributed by atoms with Crippen molar-refractivity contribution in [3.05, 3.63) is 23.8 Å². The smallest absolute Gasteiger partial charge is 0.414 e. The van der Waals surface area contributed by atoms with Gasteiger partial charge in [-0.05, 0) is 58.4 Å². The number of fused-ring (bicyclic) bond motifs is 1. The number of cyclic esters (lactones) is 1. The number of alkyl carbamates (subject to hydrolysis) is 1. The largest absolute Gasteiger partial charge is 0.444 e. The molecule has 3 rings (SSSR count). The van der Waals surface area contributed by atoms with Gasteiger partial charge in [-0.3, -0.25) is 9.69 Å². The molecule has 2 aliphatic rings. The van der Waals surface area contributed by atoms with Crippen LogP contribution in [0.4, 0.5) is 21.0 Å². The molecule has 0 radical (unpaired) electrons. The highest BCUT2D eigenvalue weighted by Gasteiger charge is 2.35. The van der Waals surface area contributed by atoms with Crippen LogP contribution in [0.15, 0.2) is 18.2 Å². The van der Waals surface area contributed by atoms with Crippen LogP contribution in [-0.2, 0) is 20.7 Å². The molecule has 3 amide bonds. The maximum Gasteiger partial charge on any atom is 0.414 e. The predicted molar refractivity (Wildman–Crippen MR) is 105 cm³/mol. The van der Waals surface area contributed by atoms with E-state index in [1.807, 2.05) is 32.0 Å². The van der Waals surface area contributed by atoms with Crippen LogP contribution in [0.2, 0.25) is 0 Å². The average Bonchev–Trinajstić information content (AvgIpc) is 3.09. The van der Waals surface area contributed by atoms with Gasteiger partial charge in [0.2, 0.25) is 5.91 Å². The van der Waals surface area contributed by atoms with E-state index < -0.39 is 23.9 Å². The van der Waals surface area contributed by atoms with Crippen molar-refractivity contribution in [1.82, 2.24) is 5.32 Å². The normalized spacial score (nSPS) is 19.1. The Bertz CT molecular complexity index is 800. The number of hydrogen-bond acceptors (Lipinski definition) is 5. The first-order chi connectivity index (χ1) is 13.0. The van der Waals surface area contributed by atoms with Gasteiger partial charge in [0, 0.05) is 17.4 Å². The van der Waals surface area contributed by atoms with Gasteiger partial charge in [-0.25, -0.2) is 9.59 Å². The molecule has 28 heavy (non-hydrogen) atoms. The molecule has 0 saturated carbocycles. The number of amides is 3. The van der Waals surface area contributed by atoms with Gasteiger partial charge in [-0.2, -0.15) is 0 Å². The molecular weight excluding hydrogens is 362 g/mol. The predicted octanol–water partition coefficient (Wildman–Crippen LogP) is 2.83. The summed E-state index contributed by atoms with van der Waals surface area (Å²) in [7, 11) is 0. The van der Waals surface area contributed by atoms with E-state index in [1.165, 1.54) is 4.90 Å². The summed E-state index contributed by atoms with van der Waals surface area (Å²) in [6, 6.07) is 5.63. The summed E-state index contributed by atoms with van der Waals surface area (Å²) in [4.78, 5) is 39.6. The number of ether oxygens (including phenoxy) is 2. The minimum absolute atomic E-state index is 0.0607. The SMILES string of the molecule is CC(C)N1C(=O)Cc2cc(N3C[C@@H](CNC(=O)OC(C)(C)C)OC3=O)ccc21. The second-order valence-electron chi connectivity index (χ2n) is 8.35. The van der Waals surface area contributed by atoms with Crippen molar-refractivity contribution in [2.45, 2.75) is 58.8 Å². The van der Waals surface area contributed by atoms with Crippen LogP contribution in [0.25, 0.3) is 0 Å². The van der Waals surface area contributed by atoms with Crippen molar-refractivity contribution >= 4 is 29.5 Å². The fraction of sp³-hybridized carbons (Fsp3) is 0.550. The van der Waals surface area contributed by atoms with Crippen molar-refractivity contribution in [1.29, 1.82) is 0 Å². The zero-order valence-electron chi connectivity index (χ0n) is 16.9. The van der Waals surface area contributed by atoms with Crippen LogP contribution in [-0.4, -0.2) is 48.9 Å². The lowest BCUT2D eigenvalue weighted by atomic mass is 10.1. The lowest BCUT2D eigenvalue weighted by Crippen LogP contribution is -2.38. The van der Waals surface area contributed by atoms with Gasteiger partial charge >= 0.3 is 12.2 Å². The van der Waals surface area contributed by atoms with Gasteiger partial charge < -0.3 is 19.7 Å². The van der Waals surface area contributed by atoms with Crippen molar-refractivity contribution in [2.24, 2.45) is 0 Å². The standard InChI is InChI=1S/C20H27N3O5/c1-12(2)23-16-7-6-14(8-13(16)9-17(23)24)22-11-15(27-19(22)26)10-21-18(25)28-20(3,4)5/h6-8,12,15H,9-11H2,1-5H3,(H,21,25)/t15-/m1/s1. The molecule has 0 spiro atoms. The van der Waals surface area contributed by atoms with Gasteiger partial charge in [0.25, 0.3) is 0 Å². The van der Waals surface area contributed by atoms with Crippen LogP contribution in [0.3, 0.4) is 0 Å². The third kappa shape index (κ3) is 4.21. The van der Waals surface area contributed by atoms with E-state index in [9.17, 15) is 14.4 Å². The molecule has 0 aromatic heterocycles. The Hall–Kier alpha value is -2.77. The average molecular weight is 389 g/mol. The summed E-state index contributed by atoms with van der Waals surface area (Å²) in [6.45, 7) is 9.77. The van der Waals surface area contributed by atoms with E-state index in [-0.39, 0.29) is 18.5 Å². The molecular formula is C20H27N3O5. The van der Waals surface area contributed by atoms with Crippen LogP contribution >= 0.6 is 0 Å². The first-order valence-electron chi connectivity index (χ1n) is 9.45. The molecule has 0 unspecified atom stereocenters. The van der Waals surface area contributed by atoms with Crippen molar-refractivity contribution in [3.8, 4) is 0 Å². The highest BCUT2D eigenvalue weighted by molar-refractivity contribution is 6.02. The van der Waals surface area contributed by atoms with Crippen LogP contribution in [0, 0.1) is 0 Å². The Morgan fingerprint density at radius 1 is 1.32 bits per heavy atom. The summed E-state index contributed by atoms with van der Waals surface area (Å²) in [6.07, 6.45) is -1.16. The number of nitrogens with zero attached hydrogens (tertiary/aromatic N) is 2. The zero-order chi connectivity index (χ0) is 20.6. The van der Waals surface area contributed by atoms with Crippen molar-refractivity contribution < 1.29 is 23.9 Å². The fourth-order valence-corrected chi connectivity index (χ4v) is 3.42. The molecule has 1 fully saturated rings. The number of nitrogens with one attached hydrogen (secondary N) is 1. The molecule has 1 aromatic rings. The quantitative estimate of drug-likeness (QED) is 0.855. The van der Waals surface area contributed by atoms with E-state index in [0.29, 0.717) is 18.7 Å². The molecule has 8 nitrogen and oxygen atoms in total. The lowest BCUT2D eigenvalue weighted by molar-refractivity contribution is -0.117. The first kappa shape index (κ1) is 20.0. The molecule has 1 N–H and O–H groups in total. The second kappa shape index (κ2) is 7.33. The van der Waals surface area contributed by atoms with E-state index in [2.05, 4.69) is 5.32 Å². The molecule has 0 aliphatic carbocycles.